The van der Waals surface area contributed by atoms with E-state index in [0.717, 1.165) is 17.5 Å². The molecule has 0 amide bonds. The Hall–Kier alpha value is -2.10. The van der Waals surface area contributed by atoms with Crippen LogP contribution < -0.4 is 0 Å². The van der Waals surface area contributed by atoms with Crippen LogP contribution in [0.25, 0.3) is 11.1 Å². The van der Waals surface area contributed by atoms with Crippen LogP contribution in [0.5, 0.6) is 0 Å². The number of rotatable bonds is 5. The zero-order valence-electron chi connectivity index (χ0n) is 11.3. The van der Waals surface area contributed by atoms with Crippen molar-refractivity contribution >= 4 is 5.97 Å². The Morgan fingerprint density at radius 3 is 2.63 bits per heavy atom. The molecule has 0 bridgehead atoms. The first-order chi connectivity index (χ1) is 9.22. The second-order valence-corrected chi connectivity index (χ2v) is 4.37. The van der Waals surface area contributed by atoms with E-state index in [9.17, 15) is 4.79 Å². The summed E-state index contributed by atoms with van der Waals surface area (Å²) >= 11 is 0. The van der Waals surface area contributed by atoms with E-state index in [1.54, 1.807) is 4.68 Å². The van der Waals surface area contributed by atoms with Gasteiger partial charge in [-0.2, -0.15) is 5.10 Å². The fourth-order valence-corrected chi connectivity index (χ4v) is 1.88. The smallest absolute Gasteiger partial charge is 0.307 e. The molecule has 0 spiro atoms. The predicted molar refractivity (Wildman–Crippen MR) is 73.7 cm³/mol. The molecule has 1 aromatic heterocycles. The number of methoxy groups -OCH3 is 1. The number of aryl methyl sites for hydroxylation is 2. The molecule has 100 valence electrons. The number of carbonyl (C=O) groups is 1. The van der Waals surface area contributed by atoms with Gasteiger partial charge in [0.1, 0.15) is 0 Å². The third kappa shape index (κ3) is 3.44. The van der Waals surface area contributed by atoms with E-state index in [4.69, 9.17) is 0 Å². The maximum absolute atomic E-state index is 11.1. The van der Waals surface area contributed by atoms with Crippen LogP contribution in [-0.4, -0.2) is 22.9 Å². The van der Waals surface area contributed by atoms with Crippen molar-refractivity contribution in [2.24, 2.45) is 0 Å². The first-order valence-electron chi connectivity index (χ1n) is 6.41. The van der Waals surface area contributed by atoms with E-state index in [1.807, 2.05) is 12.4 Å². The molecule has 0 N–H and O–H groups in total. The highest BCUT2D eigenvalue weighted by Gasteiger charge is 2.04. The average molecular weight is 258 g/mol. The summed E-state index contributed by atoms with van der Waals surface area (Å²) in [5, 5.41) is 4.25. The van der Waals surface area contributed by atoms with Gasteiger partial charge in [-0.15, -0.1) is 0 Å². The van der Waals surface area contributed by atoms with Crippen molar-refractivity contribution in [3.8, 4) is 11.1 Å². The van der Waals surface area contributed by atoms with Crippen LogP contribution in [-0.2, 0) is 22.5 Å². The average Bonchev–Trinajstić information content (AvgIpc) is 2.93. The van der Waals surface area contributed by atoms with Crippen LogP contribution >= 0.6 is 0 Å². The van der Waals surface area contributed by atoms with Gasteiger partial charge in [-0.05, 0) is 17.5 Å². The highest BCUT2D eigenvalue weighted by Crippen LogP contribution is 2.19. The van der Waals surface area contributed by atoms with Gasteiger partial charge >= 0.3 is 5.97 Å². The lowest BCUT2D eigenvalue weighted by molar-refractivity contribution is -0.140. The fraction of sp³-hybridized carbons (Fsp3) is 0.333. The fourth-order valence-electron chi connectivity index (χ4n) is 1.88. The SMILES string of the molecule is CCc1ccc(-c2cnn(CCC(=O)OC)c2)cc1. The quantitative estimate of drug-likeness (QED) is 0.774. The van der Waals surface area contributed by atoms with Crippen molar-refractivity contribution in [1.82, 2.24) is 9.78 Å². The molecule has 0 aliphatic heterocycles. The molecule has 0 atom stereocenters. The summed E-state index contributed by atoms with van der Waals surface area (Å²) in [4.78, 5) is 11.1. The number of hydrogen-bond donors (Lipinski definition) is 0. The zero-order valence-corrected chi connectivity index (χ0v) is 11.3. The number of benzene rings is 1. The Morgan fingerprint density at radius 1 is 1.26 bits per heavy atom. The monoisotopic (exact) mass is 258 g/mol. The number of ether oxygens (including phenoxy) is 1. The van der Waals surface area contributed by atoms with E-state index in [0.29, 0.717) is 13.0 Å². The number of nitrogens with zero attached hydrogens (tertiary/aromatic N) is 2. The number of carbonyl (C=O) groups excluding carboxylic acids is 1. The third-order valence-electron chi connectivity index (χ3n) is 3.10. The van der Waals surface area contributed by atoms with Crippen molar-refractivity contribution in [2.75, 3.05) is 7.11 Å². The van der Waals surface area contributed by atoms with Crippen molar-refractivity contribution in [3.63, 3.8) is 0 Å². The highest BCUT2D eigenvalue weighted by molar-refractivity contribution is 5.69. The van der Waals surface area contributed by atoms with Gasteiger partial charge in [0.15, 0.2) is 0 Å². The predicted octanol–water partition coefficient (Wildman–Crippen LogP) is 2.68. The Bertz CT molecular complexity index is 544. The summed E-state index contributed by atoms with van der Waals surface area (Å²) in [6.45, 7) is 2.68. The third-order valence-corrected chi connectivity index (χ3v) is 3.10. The summed E-state index contributed by atoms with van der Waals surface area (Å²) < 4.78 is 6.37. The molecule has 1 heterocycles. The molecule has 19 heavy (non-hydrogen) atoms. The van der Waals surface area contributed by atoms with Crippen LogP contribution in [0.4, 0.5) is 0 Å². The Kier molecular flexibility index (Phi) is 4.34. The molecule has 0 radical (unpaired) electrons. The van der Waals surface area contributed by atoms with Gasteiger partial charge in [-0.25, -0.2) is 0 Å². The highest BCUT2D eigenvalue weighted by atomic mass is 16.5. The van der Waals surface area contributed by atoms with Crippen LogP contribution in [0.3, 0.4) is 0 Å². The largest absolute Gasteiger partial charge is 0.469 e. The van der Waals surface area contributed by atoms with E-state index in [-0.39, 0.29) is 5.97 Å². The van der Waals surface area contributed by atoms with E-state index < -0.39 is 0 Å². The van der Waals surface area contributed by atoms with Gasteiger partial charge in [0, 0.05) is 11.8 Å². The van der Waals surface area contributed by atoms with Crippen molar-refractivity contribution in [1.29, 1.82) is 0 Å². The summed E-state index contributed by atoms with van der Waals surface area (Å²) in [5.41, 5.74) is 3.52. The van der Waals surface area contributed by atoms with Crippen LogP contribution in [0.2, 0.25) is 0 Å². The van der Waals surface area contributed by atoms with Gasteiger partial charge in [-0.1, -0.05) is 31.2 Å². The second-order valence-electron chi connectivity index (χ2n) is 4.37. The molecule has 2 rings (SSSR count). The first-order valence-corrected chi connectivity index (χ1v) is 6.41. The zero-order chi connectivity index (χ0) is 13.7. The van der Waals surface area contributed by atoms with Crippen molar-refractivity contribution in [3.05, 3.63) is 42.2 Å². The minimum absolute atomic E-state index is 0.218. The normalized spacial score (nSPS) is 10.4. The van der Waals surface area contributed by atoms with Gasteiger partial charge in [-0.3, -0.25) is 9.48 Å². The number of aromatic nitrogens is 2. The topological polar surface area (TPSA) is 44.1 Å². The molecule has 0 aliphatic carbocycles. The van der Waals surface area contributed by atoms with E-state index in [1.165, 1.54) is 12.7 Å². The lowest BCUT2D eigenvalue weighted by Crippen LogP contribution is -2.07. The second kappa shape index (κ2) is 6.18. The Labute approximate surface area is 113 Å². The molecular weight excluding hydrogens is 240 g/mol. The molecule has 0 aliphatic rings. The molecule has 0 saturated heterocycles. The Morgan fingerprint density at radius 2 is 2.00 bits per heavy atom. The molecule has 0 unspecified atom stereocenters. The van der Waals surface area contributed by atoms with Gasteiger partial charge in [0.2, 0.25) is 0 Å². The van der Waals surface area contributed by atoms with Crippen LogP contribution in [0, 0.1) is 0 Å². The summed E-state index contributed by atoms with van der Waals surface area (Å²) in [7, 11) is 1.39. The van der Waals surface area contributed by atoms with Crippen LogP contribution in [0.1, 0.15) is 18.9 Å². The molecule has 4 heteroatoms. The minimum atomic E-state index is -0.218. The van der Waals surface area contributed by atoms with Crippen LogP contribution in [0.15, 0.2) is 36.7 Å². The van der Waals surface area contributed by atoms with Gasteiger partial charge in [0.05, 0.1) is 26.3 Å². The molecule has 1 aromatic carbocycles. The molecule has 2 aromatic rings. The summed E-state index contributed by atoms with van der Waals surface area (Å²) in [6, 6.07) is 8.45. The molecule has 4 nitrogen and oxygen atoms in total. The number of esters is 1. The maximum atomic E-state index is 11.1. The first kappa shape index (κ1) is 13.3. The van der Waals surface area contributed by atoms with E-state index in [2.05, 4.69) is 41.0 Å². The van der Waals surface area contributed by atoms with E-state index >= 15 is 0 Å². The molecular formula is C15H18N2O2. The lowest BCUT2D eigenvalue weighted by Gasteiger charge is -2.01. The number of hydrogen-bond acceptors (Lipinski definition) is 3. The summed E-state index contributed by atoms with van der Waals surface area (Å²) in [6.07, 6.45) is 5.15. The minimum Gasteiger partial charge on any atom is -0.469 e. The maximum Gasteiger partial charge on any atom is 0.307 e. The standard InChI is InChI=1S/C15H18N2O2/c1-3-12-4-6-13(7-5-12)14-10-16-17(11-14)9-8-15(18)19-2/h4-7,10-11H,3,8-9H2,1-2H3. The molecule has 0 fully saturated rings. The summed E-state index contributed by atoms with van der Waals surface area (Å²) in [5.74, 6) is -0.218. The van der Waals surface area contributed by atoms with Gasteiger partial charge in [0.25, 0.3) is 0 Å². The van der Waals surface area contributed by atoms with Crippen molar-refractivity contribution in [2.45, 2.75) is 26.3 Å². The van der Waals surface area contributed by atoms with Gasteiger partial charge < -0.3 is 4.74 Å². The Balaban J connectivity index is 2.05. The molecule has 0 saturated carbocycles. The van der Waals surface area contributed by atoms with Crippen molar-refractivity contribution < 1.29 is 9.53 Å². The lowest BCUT2D eigenvalue weighted by atomic mass is 10.1.